The second-order valence-electron chi connectivity index (χ2n) is 5.78. The van der Waals surface area contributed by atoms with E-state index >= 15 is 0 Å². The Balaban J connectivity index is 1.84. The highest BCUT2D eigenvalue weighted by molar-refractivity contribution is 7.98. The van der Waals surface area contributed by atoms with Gasteiger partial charge in [0.15, 0.2) is 0 Å². The van der Waals surface area contributed by atoms with Gasteiger partial charge in [0.05, 0.1) is 0 Å². The first-order chi connectivity index (χ1) is 9.16. The summed E-state index contributed by atoms with van der Waals surface area (Å²) in [5.41, 5.74) is 1.77. The molecule has 1 aliphatic rings. The fourth-order valence-corrected chi connectivity index (χ4v) is 3.41. The quantitative estimate of drug-likeness (QED) is 0.803. The average molecular weight is 278 g/mol. The van der Waals surface area contributed by atoms with Crippen LogP contribution in [0.3, 0.4) is 0 Å². The number of rotatable bonds is 6. The highest BCUT2D eigenvalue weighted by atomic mass is 32.2. The summed E-state index contributed by atoms with van der Waals surface area (Å²) in [5, 5.41) is 3.65. The van der Waals surface area contributed by atoms with Crippen molar-refractivity contribution in [2.45, 2.75) is 42.7 Å². The lowest BCUT2D eigenvalue weighted by Gasteiger charge is -2.36. The minimum atomic E-state index is 0.388. The van der Waals surface area contributed by atoms with Gasteiger partial charge in [0, 0.05) is 23.5 Å². The molecular formula is C16H26N2S. The molecular weight excluding hydrogens is 252 g/mol. The fourth-order valence-electron chi connectivity index (χ4n) is 3.00. The minimum Gasteiger partial charge on any atom is -0.311 e. The van der Waals surface area contributed by atoms with Crippen molar-refractivity contribution < 1.29 is 0 Å². The molecule has 1 aromatic rings. The molecule has 0 aromatic heterocycles. The van der Waals surface area contributed by atoms with Gasteiger partial charge < -0.3 is 10.2 Å². The lowest BCUT2D eigenvalue weighted by molar-refractivity contribution is 0.153. The van der Waals surface area contributed by atoms with Crippen LogP contribution >= 0.6 is 11.8 Å². The monoisotopic (exact) mass is 278 g/mol. The van der Waals surface area contributed by atoms with Crippen LogP contribution in [0.25, 0.3) is 0 Å². The third-order valence-electron chi connectivity index (χ3n) is 4.43. The molecule has 2 nitrogen and oxygen atoms in total. The minimum absolute atomic E-state index is 0.388. The molecule has 0 saturated heterocycles. The zero-order valence-electron chi connectivity index (χ0n) is 12.4. The normalized spacial score (nSPS) is 18.1. The summed E-state index contributed by atoms with van der Waals surface area (Å²) in [5.74, 6) is 0. The third kappa shape index (κ3) is 3.74. The van der Waals surface area contributed by atoms with E-state index in [-0.39, 0.29) is 0 Å². The van der Waals surface area contributed by atoms with Gasteiger partial charge in [-0.3, -0.25) is 0 Å². The molecule has 0 radical (unpaired) electrons. The first-order valence-electron chi connectivity index (χ1n) is 7.17. The van der Waals surface area contributed by atoms with Crippen LogP contribution in [0.2, 0.25) is 0 Å². The standard InChI is InChI=1S/C16H26N2S/c1-18(2)16(10-4-5-11-16)13-17-12-14-6-8-15(19-3)9-7-14/h6-9,17H,4-5,10-13H2,1-3H3. The number of nitrogens with one attached hydrogen (secondary N) is 1. The Bertz CT molecular complexity index is 380. The molecule has 1 aliphatic carbocycles. The Kier molecular flexibility index (Phi) is 5.31. The van der Waals surface area contributed by atoms with E-state index in [9.17, 15) is 0 Å². The number of likely N-dealkylation sites (N-methyl/N-ethyl adjacent to an activating group) is 1. The maximum Gasteiger partial charge on any atom is 0.0328 e. The fraction of sp³-hybridized carbons (Fsp3) is 0.625. The van der Waals surface area contributed by atoms with Crippen molar-refractivity contribution in [1.29, 1.82) is 0 Å². The maximum absolute atomic E-state index is 3.65. The first kappa shape index (κ1) is 14.9. The van der Waals surface area contributed by atoms with Crippen LogP contribution < -0.4 is 5.32 Å². The molecule has 3 heteroatoms. The summed E-state index contributed by atoms with van der Waals surface area (Å²) in [6, 6.07) is 8.88. The van der Waals surface area contributed by atoms with Crippen LogP contribution in [-0.4, -0.2) is 37.3 Å². The molecule has 106 valence electrons. The topological polar surface area (TPSA) is 15.3 Å². The summed E-state index contributed by atoms with van der Waals surface area (Å²) in [6.07, 6.45) is 7.54. The first-order valence-corrected chi connectivity index (χ1v) is 8.40. The highest BCUT2D eigenvalue weighted by Crippen LogP contribution is 2.33. The van der Waals surface area contributed by atoms with Crippen LogP contribution in [0.4, 0.5) is 0 Å². The largest absolute Gasteiger partial charge is 0.311 e. The predicted molar refractivity (Wildman–Crippen MR) is 84.8 cm³/mol. The lowest BCUT2D eigenvalue weighted by Crippen LogP contribution is -2.49. The van der Waals surface area contributed by atoms with Gasteiger partial charge >= 0.3 is 0 Å². The van der Waals surface area contributed by atoms with Crippen molar-refractivity contribution in [3.63, 3.8) is 0 Å². The second-order valence-corrected chi connectivity index (χ2v) is 6.66. The van der Waals surface area contributed by atoms with Crippen molar-refractivity contribution in [3.05, 3.63) is 29.8 Å². The molecule has 0 amide bonds. The Morgan fingerprint density at radius 2 is 1.79 bits per heavy atom. The number of hydrogen-bond acceptors (Lipinski definition) is 3. The molecule has 1 fully saturated rings. The van der Waals surface area contributed by atoms with E-state index in [0.717, 1.165) is 13.1 Å². The van der Waals surface area contributed by atoms with Gasteiger partial charge in [0.1, 0.15) is 0 Å². The van der Waals surface area contributed by atoms with Crippen molar-refractivity contribution >= 4 is 11.8 Å². The summed E-state index contributed by atoms with van der Waals surface area (Å²) < 4.78 is 0. The van der Waals surface area contributed by atoms with E-state index < -0.39 is 0 Å². The molecule has 19 heavy (non-hydrogen) atoms. The molecule has 1 N–H and O–H groups in total. The number of thioether (sulfide) groups is 1. The van der Waals surface area contributed by atoms with Crippen molar-refractivity contribution in [3.8, 4) is 0 Å². The van der Waals surface area contributed by atoms with E-state index in [2.05, 4.69) is 54.8 Å². The van der Waals surface area contributed by atoms with E-state index in [4.69, 9.17) is 0 Å². The van der Waals surface area contributed by atoms with Gasteiger partial charge in [0.25, 0.3) is 0 Å². The second kappa shape index (κ2) is 6.78. The van der Waals surface area contributed by atoms with Gasteiger partial charge in [-0.15, -0.1) is 11.8 Å². The van der Waals surface area contributed by atoms with Crippen LogP contribution in [0, 0.1) is 0 Å². The highest BCUT2D eigenvalue weighted by Gasteiger charge is 2.35. The van der Waals surface area contributed by atoms with Gasteiger partial charge in [-0.05, 0) is 50.9 Å². The van der Waals surface area contributed by atoms with Gasteiger partial charge in [-0.25, -0.2) is 0 Å². The van der Waals surface area contributed by atoms with Gasteiger partial charge in [-0.1, -0.05) is 25.0 Å². The lowest BCUT2D eigenvalue weighted by atomic mass is 9.96. The predicted octanol–water partition coefficient (Wildman–Crippen LogP) is 3.37. The molecule has 2 rings (SSSR count). The summed E-state index contributed by atoms with van der Waals surface area (Å²) in [7, 11) is 4.44. The number of benzene rings is 1. The van der Waals surface area contributed by atoms with E-state index in [1.807, 2.05) is 0 Å². The van der Waals surface area contributed by atoms with Crippen LogP contribution in [0.1, 0.15) is 31.2 Å². The summed E-state index contributed by atoms with van der Waals surface area (Å²) in [4.78, 5) is 3.76. The molecule has 0 spiro atoms. The molecule has 1 saturated carbocycles. The Morgan fingerprint density at radius 1 is 1.16 bits per heavy atom. The molecule has 0 heterocycles. The molecule has 0 unspecified atom stereocenters. The SMILES string of the molecule is CSc1ccc(CNCC2(N(C)C)CCCC2)cc1. The molecule has 0 bridgehead atoms. The van der Waals surface area contributed by atoms with Crippen LogP contribution in [-0.2, 0) is 6.54 Å². The smallest absolute Gasteiger partial charge is 0.0328 e. The Labute approximate surface area is 122 Å². The zero-order chi connectivity index (χ0) is 13.7. The van der Waals surface area contributed by atoms with Gasteiger partial charge in [0.2, 0.25) is 0 Å². The van der Waals surface area contributed by atoms with E-state index in [0.29, 0.717) is 5.54 Å². The molecule has 1 aromatic carbocycles. The van der Waals surface area contributed by atoms with Crippen molar-refractivity contribution in [1.82, 2.24) is 10.2 Å². The Morgan fingerprint density at radius 3 is 2.32 bits per heavy atom. The molecule has 0 atom stereocenters. The third-order valence-corrected chi connectivity index (χ3v) is 5.17. The van der Waals surface area contributed by atoms with Crippen molar-refractivity contribution in [2.24, 2.45) is 0 Å². The zero-order valence-corrected chi connectivity index (χ0v) is 13.2. The number of nitrogens with zero attached hydrogens (tertiary/aromatic N) is 1. The molecule has 0 aliphatic heterocycles. The van der Waals surface area contributed by atoms with Crippen LogP contribution in [0.5, 0.6) is 0 Å². The summed E-state index contributed by atoms with van der Waals surface area (Å²) in [6.45, 7) is 2.08. The van der Waals surface area contributed by atoms with E-state index in [1.165, 1.54) is 36.1 Å². The van der Waals surface area contributed by atoms with E-state index in [1.54, 1.807) is 11.8 Å². The summed E-state index contributed by atoms with van der Waals surface area (Å²) >= 11 is 1.80. The van der Waals surface area contributed by atoms with Gasteiger partial charge in [-0.2, -0.15) is 0 Å². The maximum atomic E-state index is 3.65. The Hall–Kier alpha value is -0.510. The van der Waals surface area contributed by atoms with Crippen LogP contribution in [0.15, 0.2) is 29.2 Å². The number of hydrogen-bond donors (Lipinski definition) is 1. The van der Waals surface area contributed by atoms with Crippen molar-refractivity contribution in [2.75, 3.05) is 26.9 Å². The average Bonchev–Trinajstić information content (AvgIpc) is 2.90.